The van der Waals surface area contributed by atoms with Gasteiger partial charge < -0.3 is 0 Å². The maximum absolute atomic E-state index is 13.2. The molecule has 0 unspecified atom stereocenters. The third-order valence-electron chi connectivity index (χ3n) is 4.94. The number of halogens is 2. The minimum absolute atomic E-state index is 0.00903. The van der Waals surface area contributed by atoms with Gasteiger partial charge in [0.2, 0.25) is 0 Å². The number of rotatable bonds is 5. The van der Waals surface area contributed by atoms with Crippen LogP contribution in [0.25, 0.3) is 0 Å². The minimum atomic E-state index is -3.91. The van der Waals surface area contributed by atoms with Crippen LogP contribution in [0.5, 0.6) is 0 Å². The second kappa shape index (κ2) is 8.14. The molecule has 162 valence electrons. The molecule has 0 radical (unpaired) electrons. The number of anilines is 2. The summed E-state index contributed by atoms with van der Waals surface area (Å²) in [5.41, 5.74) is 1.47. The third-order valence-corrected chi connectivity index (χ3v) is 8.64. The molecular weight excluding hydrogens is 463 g/mol. The maximum Gasteiger partial charge on any atom is 0.264 e. The van der Waals surface area contributed by atoms with E-state index in [9.17, 15) is 21.2 Å². The van der Waals surface area contributed by atoms with Crippen LogP contribution < -0.4 is 9.03 Å². The zero-order valence-corrected chi connectivity index (χ0v) is 18.5. The van der Waals surface area contributed by atoms with Gasteiger partial charge in [0.05, 0.1) is 15.6 Å². The highest BCUT2D eigenvalue weighted by Crippen LogP contribution is 2.34. The van der Waals surface area contributed by atoms with Crippen molar-refractivity contribution in [2.75, 3.05) is 15.6 Å². The van der Waals surface area contributed by atoms with Crippen LogP contribution in [0.4, 0.5) is 15.8 Å². The van der Waals surface area contributed by atoms with Gasteiger partial charge >= 0.3 is 0 Å². The average molecular weight is 481 g/mol. The molecule has 4 rings (SSSR count). The van der Waals surface area contributed by atoms with Gasteiger partial charge in [-0.3, -0.25) is 9.03 Å². The molecule has 0 aliphatic carbocycles. The van der Waals surface area contributed by atoms with E-state index >= 15 is 0 Å². The molecule has 1 N–H and O–H groups in total. The molecule has 3 aromatic rings. The predicted molar refractivity (Wildman–Crippen MR) is 118 cm³/mol. The summed E-state index contributed by atoms with van der Waals surface area (Å²) in [4.78, 5) is -0.0554. The van der Waals surface area contributed by atoms with Crippen LogP contribution in [0.15, 0.2) is 76.5 Å². The number of aryl methyl sites for hydroxylation is 1. The van der Waals surface area contributed by atoms with Crippen molar-refractivity contribution < 1.29 is 21.2 Å². The first-order valence-electron chi connectivity index (χ1n) is 9.37. The Hall–Kier alpha value is -2.62. The van der Waals surface area contributed by atoms with E-state index in [0.29, 0.717) is 29.8 Å². The molecule has 31 heavy (non-hydrogen) atoms. The second-order valence-electron chi connectivity index (χ2n) is 7.01. The standard InChI is InChI=1S/C21H18ClFN2O4S2/c22-19-5-1-2-6-21(19)30(26,27)24-17-9-12-20-15(14-17)4-3-13-25(20)31(28,29)18-10-7-16(23)8-11-18/h1-2,5-12,14,24H,3-4,13H2. The van der Waals surface area contributed by atoms with E-state index in [0.717, 1.165) is 12.1 Å². The molecule has 10 heteroatoms. The lowest BCUT2D eigenvalue weighted by atomic mass is 10.0. The molecule has 3 aromatic carbocycles. The Labute approximate surface area is 185 Å². The number of nitrogens with zero attached hydrogens (tertiary/aromatic N) is 1. The molecule has 1 heterocycles. The fraction of sp³-hybridized carbons (Fsp3) is 0.143. The summed E-state index contributed by atoms with van der Waals surface area (Å²) < 4.78 is 68.5. The first kappa shape index (κ1) is 21.6. The smallest absolute Gasteiger partial charge is 0.264 e. The van der Waals surface area contributed by atoms with Gasteiger partial charge in [-0.25, -0.2) is 21.2 Å². The Kier molecular flexibility index (Phi) is 5.67. The first-order chi connectivity index (χ1) is 14.7. The van der Waals surface area contributed by atoms with Gasteiger partial charge in [-0.2, -0.15) is 0 Å². The lowest BCUT2D eigenvalue weighted by Crippen LogP contribution is -2.35. The summed E-state index contributed by atoms with van der Waals surface area (Å²) in [5.74, 6) is -0.520. The molecule has 0 saturated heterocycles. The van der Waals surface area contributed by atoms with E-state index in [1.54, 1.807) is 24.3 Å². The minimum Gasteiger partial charge on any atom is -0.280 e. The molecule has 0 amide bonds. The highest BCUT2D eigenvalue weighted by molar-refractivity contribution is 7.93. The van der Waals surface area contributed by atoms with Crippen molar-refractivity contribution in [3.8, 4) is 0 Å². The van der Waals surface area contributed by atoms with Crippen molar-refractivity contribution in [3.63, 3.8) is 0 Å². The van der Waals surface area contributed by atoms with E-state index in [1.807, 2.05) is 0 Å². The maximum atomic E-state index is 13.2. The molecule has 1 aliphatic rings. The SMILES string of the molecule is O=S(=O)(Nc1ccc2c(c1)CCCN2S(=O)(=O)c1ccc(F)cc1)c1ccccc1Cl. The molecule has 0 spiro atoms. The highest BCUT2D eigenvalue weighted by Gasteiger charge is 2.29. The van der Waals surface area contributed by atoms with Crippen LogP contribution >= 0.6 is 11.6 Å². The Morgan fingerprint density at radius 3 is 2.35 bits per heavy atom. The van der Waals surface area contributed by atoms with Crippen LogP contribution in [0.1, 0.15) is 12.0 Å². The molecular formula is C21H18ClFN2O4S2. The Balaban J connectivity index is 1.66. The van der Waals surface area contributed by atoms with E-state index in [-0.39, 0.29) is 21.4 Å². The molecule has 6 nitrogen and oxygen atoms in total. The fourth-order valence-corrected chi connectivity index (χ4v) is 6.59. The fourth-order valence-electron chi connectivity index (χ4n) is 3.48. The number of hydrogen-bond acceptors (Lipinski definition) is 4. The van der Waals surface area contributed by atoms with Gasteiger partial charge in [-0.1, -0.05) is 23.7 Å². The van der Waals surface area contributed by atoms with E-state index in [1.165, 1.54) is 34.6 Å². The van der Waals surface area contributed by atoms with Crippen molar-refractivity contribution in [1.82, 2.24) is 0 Å². The molecule has 1 aliphatic heterocycles. The van der Waals surface area contributed by atoms with Gasteiger partial charge in [0.25, 0.3) is 20.0 Å². The Bertz CT molecular complexity index is 1340. The average Bonchev–Trinajstić information content (AvgIpc) is 2.73. The zero-order valence-electron chi connectivity index (χ0n) is 16.1. The molecule has 0 atom stereocenters. The van der Waals surface area contributed by atoms with Crippen molar-refractivity contribution >= 4 is 43.0 Å². The van der Waals surface area contributed by atoms with Gasteiger partial charge in [-0.15, -0.1) is 0 Å². The third kappa shape index (κ3) is 4.26. The normalized spacial score (nSPS) is 14.2. The molecule has 0 bridgehead atoms. The van der Waals surface area contributed by atoms with Crippen LogP contribution in [0, 0.1) is 5.82 Å². The van der Waals surface area contributed by atoms with Gasteiger partial charge in [-0.05, 0) is 73.0 Å². The van der Waals surface area contributed by atoms with Crippen molar-refractivity contribution in [3.05, 3.63) is 83.1 Å². The highest BCUT2D eigenvalue weighted by atomic mass is 35.5. The lowest BCUT2D eigenvalue weighted by Gasteiger charge is -2.31. The van der Waals surface area contributed by atoms with Gasteiger partial charge in [0.1, 0.15) is 10.7 Å². The second-order valence-corrected chi connectivity index (χ2v) is 10.9. The van der Waals surface area contributed by atoms with Crippen molar-refractivity contribution in [1.29, 1.82) is 0 Å². The summed E-state index contributed by atoms with van der Waals surface area (Å²) in [6.07, 6.45) is 1.15. The Morgan fingerprint density at radius 2 is 1.65 bits per heavy atom. The molecule has 0 fully saturated rings. The number of benzene rings is 3. The molecule has 0 aromatic heterocycles. The summed E-state index contributed by atoms with van der Waals surface area (Å²) >= 11 is 6.01. The number of sulfonamides is 2. The van der Waals surface area contributed by atoms with Crippen LogP contribution in [-0.4, -0.2) is 23.4 Å². The zero-order chi connectivity index (χ0) is 22.2. The summed E-state index contributed by atoms with van der Waals surface area (Å²) in [6, 6.07) is 15.5. The number of fused-ring (bicyclic) bond motifs is 1. The lowest BCUT2D eigenvalue weighted by molar-refractivity contribution is 0.585. The number of hydrogen-bond donors (Lipinski definition) is 1. The largest absolute Gasteiger partial charge is 0.280 e. The van der Waals surface area contributed by atoms with Gasteiger partial charge in [0.15, 0.2) is 0 Å². The molecule has 0 saturated carbocycles. The van der Waals surface area contributed by atoms with Crippen molar-refractivity contribution in [2.45, 2.75) is 22.6 Å². The van der Waals surface area contributed by atoms with E-state index in [2.05, 4.69) is 4.72 Å². The quantitative estimate of drug-likeness (QED) is 0.586. The monoisotopic (exact) mass is 480 g/mol. The van der Waals surface area contributed by atoms with Gasteiger partial charge in [0, 0.05) is 12.2 Å². The van der Waals surface area contributed by atoms with Crippen LogP contribution in [0.2, 0.25) is 5.02 Å². The Morgan fingerprint density at radius 1 is 0.935 bits per heavy atom. The first-order valence-corrected chi connectivity index (χ1v) is 12.7. The van der Waals surface area contributed by atoms with E-state index < -0.39 is 25.9 Å². The summed E-state index contributed by atoms with van der Waals surface area (Å²) in [5, 5.41) is 0.101. The summed E-state index contributed by atoms with van der Waals surface area (Å²) in [6.45, 7) is 0.275. The van der Waals surface area contributed by atoms with Crippen molar-refractivity contribution in [2.24, 2.45) is 0 Å². The topological polar surface area (TPSA) is 83.6 Å². The van der Waals surface area contributed by atoms with Crippen LogP contribution in [0.3, 0.4) is 0 Å². The summed E-state index contributed by atoms with van der Waals surface area (Å²) in [7, 11) is -7.79. The number of nitrogens with one attached hydrogen (secondary N) is 1. The predicted octanol–water partition coefficient (Wildman–Crippen LogP) is 4.42. The van der Waals surface area contributed by atoms with Crippen LogP contribution in [-0.2, 0) is 26.5 Å². The van der Waals surface area contributed by atoms with E-state index in [4.69, 9.17) is 11.6 Å².